The summed E-state index contributed by atoms with van der Waals surface area (Å²) >= 11 is 0. The molecule has 162 valence electrons. The summed E-state index contributed by atoms with van der Waals surface area (Å²) in [5, 5.41) is 16.1. The van der Waals surface area contributed by atoms with Gasteiger partial charge in [-0.2, -0.15) is 5.26 Å². The molecular weight excluding hydrogens is 404 g/mol. The predicted octanol–water partition coefficient (Wildman–Crippen LogP) is 2.93. The number of amides is 1. The van der Waals surface area contributed by atoms with E-state index in [4.69, 9.17) is 11.5 Å². The van der Waals surface area contributed by atoms with E-state index in [9.17, 15) is 10.1 Å². The lowest BCUT2D eigenvalue weighted by atomic mass is 9.91. The van der Waals surface area contributed by atoms with E-state index in [1.807, 2.05) is 24.3 Å². The molecular formula is C23H24N8O. The van der Waals surface area contributed by atoms with Gasteiger partial charge >= 0.3 is 0 Å². The number of nitriles is 1. The second-order valence-electron chi connectivity index (χ2n) is 7.73. The number of anilines is 3. The molecule has 2 atom stereocenters. The van der Waals surface area contributed by atoms with Crippen LogP contribution in [0.15, 0.2) is 48.8 Å². The molecule has 0 spiro atoms. The first-order valence-corrected chi connectivity index (χ1v) is 10.5. The Morgan fingerprint density at radius 3 is 2.59 bits per heavy atom. The van der Waals surface area contributed by atoms with Crippen molar-refractivity contribution in [3.8, 4) is 17.5 Å². The van der Waals surface area contributed by atoms with Crippen LogP contribution in [0.25, 0.3) is 11.4 Å². The third-order valence-electron chi connectivity index (χ3n) is 5.50. The van der Waals surface area contributed by atoms with Gasteiger partial charge in [0.1, 0.15) is 17.7 Å². The first kappa shape index (κ1) is 21.2. The fourth-order valence-corrected chi connectivity index (χ4v) is 3.83. The number of benzene rings is 1. The highest BCUT2D eigenvalue weighted by Gasteiger charge is 2.24. The van der Waals surface area contributed by atoms with Crippen molar-refractivity contribution in [2.45, 2.75) is 37.8 Å². The minimum Gasteiger partial charge on any atom is -0.365 e. The Balaban J connectivity index is 1.68. The quantitative estimate of drug-likeness (QED) is 0.467. The molecule has 6 N–H and O–H groups in total. The summed E-state index contributed by atoms with van der Waals surface area (Å²) in [5.74, 6) is 0.534. The molecule has 1 saturated carbocycles. The van der Waals surface area contributed by atoms with Crippen molar-refractivity contribution in [3.05, 3.63) is 59.9 Å². The number of pyridine rings is 1. The van der Waals surface area contributed by atoms with Gasteiger partial charge in [0, 0.05) is 35.7 Å². The number of hydrogen-bond acceptors (Lipinski definition) is 8. The first-order chi connectivity index (χ1) is 15.5. The van der Waals surface area contributed by atoms with Crippen LogP contribution in [-0.4, -0.2) is 32.9 Å². The summed E-state index contributed by atoms with van der Waals surface area (Å²) in [6.07, 6.45) is 7.30. The van der Waals surface area contributed by atoms with Crippen molar-refractivity contribution in [1.29, 1.82) is 5.26 Å². The molecule has 1 fully saturated rings. The van der Waals surface area contributed by atoms with E-state index < -0.39 is 5.91 Å². The molecule has 1 amide bonds. The van der Waals surface area contributed by atoms with E-state index >= 15 is 0 Å². The maximum atomic E-state index is 12.1. The SMILES string of the molecule is N#Cc1cc(C(N)=O)c(Nc2cccc(-c3ncccn3)c2)nc1NC1CCCCC1N. The molecule has 32 heavy (non-hydrogen) atoms. The molecule has 1 aliphatic rings. The van der Waals surface area contributed by atoms with Gasteiger partial charge in [0.2, 0.25) is 0 Å². The van der Waals surface area contributed by atoms with Crippen LogP contribution in [0.5, 0.6) is 0 Å². The van der Waals surface area contributed by atoms with Gasteiger partial charge in [-0.15, -0.1) is 0 Å². The Morgan fingerprint density at radius 1 is 1.09 bits per heavy atom. The fourth-order valence-electron chi connectivity index (χ4n) is 3.83. The molecule has 4 rings (SSSR count). The zero-order chi connectivity index (χ0) is 22.5. The number of nitrogens with one attached hydrogen (secondary N) is 2. The smallest absolute Gasteiger partial charge is 0.252 e. The van der Waals surface area contributed by atoms with E-state index in [2.05, 4.69) is 31.7 Å². The summed E-state index contributed by atoms with van der Waals surface area (Å²) in [7, 11) is 0. The molecule has 9 heteroatoms. The van der Waals surface area contributed by atoms with Gasteiger partial charge in [0.25, 0.3) is 5.91 Å². The number of nitrogens with zero attached hydrogens (tertiary/aromatic N) is 4. The average Bonchev–Trinajstić information content (AvgIpc) is 2.81. The van der Waals surface area contributed by atoms with Crippen LogP contribution >= 0.6 is 0 Å². The lowest BCUT2D eigenvalue weighted by Gasteiger charge is -2.30. The van der Waals surface area contributed by atoms with E-state index in [-0.39, 0.29) is 29.0 Å². The standard InChI is InChI=1S/C23H24N8O/c24-13-15-12-17(20(26)32)23(31-22(15)30-19-8-2-1-7-18(19)25)29-16-6-3-5-14(11-16)21-27-9-4-10-28-21/h3-6,9-12,18-19H,1-2,7-8,25H2,(H2,26,32)(H2,29,30,31). The summed E-state index contributed by atoms with van der Waals surface area (Å²) in [6, 6.07) is 12.7. The highest BCUT2D eigenvalue weighted by atomic mass is 16.1. The maximum Gasteiger partial charge on any atom is 0.252 e. The monoisotopic (exact) mass is 428 g/mol. The summed E-state index contributed by atoms with van der Waals surface area (Å²) < 4.78 is 0. The van der Waals surface area contributed by atoms with Crippen molar-refractivity contribution in [2.24, 2.45) is 11.5 Å². The third kappa shape index (κ3) is 4.66. The predicted molar refractivity (Wildman–Crippen MR) is 122 cm³/mol. The fraction of sp³-hybridized carbons (Fsp3) is 0.261. The van der Waals surface area contributed by atoms with Gasteiger partial charge in [0.05, 0.1) is 11.1 Å². The molecule has 9 nitrogen and oxygen atoms in total. The van der Waals surface area contributed by atoms with E-state index in [0.717, 1.165) is 31.2 Å². The maximum absolute atomic E-state index is 12.1. The number of primary amides is 1. The van der Waals surface area contributed by atoms with Crippen molar-refractivity contribution < 1.29 is 4.79 Å². The molecule has 1 aromatic carbocycles. The van der Waals surface area contributed by atoms with E-state index in [0.29, 0.717) is 17.3 Å². The Bertz CT molecular complexity index is 1160. The van der Waals surface area contributed by atoms with Gasteiger partial charge in [-0.25, -0.2) is 15.0 Å². The third-order valence-corrected chi connectivity index (χ3v) is 5.50. The van der Waals surface area contributed by atoms with Crippen LogP contribution in [0, 0.1) is 11.3 Å². The molecule has 2 aromatic heterocycles. The zero-order valence-electron chi connectivity index (χ0n) is 17.5. The van der Waals surface area contributed by atoms with Gasteiger partial charge in [-0.3, -0.25) is 4.79 Å². The molecule has 1 aliphatic carbocycles. The number of carbonyl (C=O) groups is 1. The van der Waals surface area contributed by atoms with Gasteiger partial charge in [-0.1, -0.05) is 25.0 Å². The van der Waals surface area contributed by atoms with E-state index in [1.165, 1.54) is 6.07 Å². The molecule has 2 unspecified atom stereocenters. The lowest BCUT2D eigenvalue weighted by molar-refractivity contribution is 0.100. The minimum atomic E-state index is -0.681. The zero-order valence-corrected chi connectivity index (χ0v) is 17.5. The van der Waals surface area contributed by atoms with Crippen molar-refractivity contribution in [3.63, 3.8) is 0 Å². The van der Waals surface area contributed by atoms with Crippen LogP contribution in [-0.2, 0) is 0 Å². The van der Waals surface area contributed by atoms with Crippen molar-refractivity contribution in [1.82, 2.24) is 15.0 Å². The van der Waals surface area contributed by atoms with Gasteiger partial charge in [0.15, 0.2) is 5.82 Å². The van der Waals surface area contributed by atoms with Crippen LogP contribution in [0.4, 0.5) is 17.3 Å². The van der Waals surface area contributed by atoms with Crippen LogP contribution < -0.4 is 22.1 Å². The van der Waals surface area contributed by atoms with Gasteiger partial charge in [-0.05, 0) is 37.1 Å². The Kier molecular flexibility index (Phi) is 6.24. The summed E-state index contributed by atoms with van der Waals surface area (Å²) in [4.78, 5) is 25.2. The van der Waals surface area contributed by atoms with Crippen molar-refractivity contribution in [2.75, 3.05) is 10.6 Å². The molecule has 0 aliphatic heterocycles. The average molecular weight is 429 g/mol. The highest BCUT2D eigenvalue weighted by molar-refractivity contribution is 5.99. The second-order valence-corrected chi connectivity index (χ2v) is 7.73. The van der Waals surface area contributed by atoms with Crippen molar-refractivity contribution >= 4 is 23.2 Å². The number of nitrogens with two attached hydrogens (primary N) is 2. The molecule has 0 bridgehead atoms. The Hall–Kier alpha value is -4.03. The highest BCUT2D eigenvalue weighted by Crippen LogP contribution is 2.28. The Labute approximate surface area is 185 Å². The normalized spacial score (nSPS) is 17.9. The number of carbonyl (C=O) groups excluding carboxylic acids is 1. The lowest BCUT2D eigenvalue weighted by Crippen LogP contribution is -2.43. The topological polar surface area (TPSA) is 156 Å². The molecule has 0 radical (unpaired) electrons. The number of aromatic nitrogens is 3. The molecule has 2 heterocycles. The Morgan fingerprint density at radius 2 is 1.88 bits per heavy atom. The summed E-state index contributed by atoms with van der Waals surface area (Å²) in [6.45, 7) is 0. The second kappa shape index (κ2) is 9.41. The largest absolute Gasteiger partial charge is 0.365 e. The van der Waals surface area contributed by atoms with Crippen LogP contribution in [0.3, 0.4) is 0 Å². The summed E-state index contributed by atoms with van der Waals surface area (Å²) in [5.41, 5.74) is 13.7. The molecule has 3 aromatic rings. The van der Waals surface area contributed by atoms with Crippen LogP contribution in [0.2, 0.25) is 0 Å². The minimum absolute atomic E-state index is 0.00850. The van der Waals surface area contributed by atoms with Crippen LogP contribution in [0.1, 0.15) is 41.6 Å². The molecule has 0 saturated heterocycles. The number of rotatable bonds is 6. The number of hydrogen-bond donors (Lipinski definition) is 4. The van der Waals surface area contributed by atoms with Gasteiger partial charge < -0.3 is 22.1 Å². The van der Waals surface area contributed by atoms with E-state index in [1.54, 1.807) is 18.5 Å². The first-order valence-electron chi connectivity index (χ1n) is 10.5.